The van der Waals surface area contributed by atoms with Gasteiger partial charge < -0.3 is 9.47 Å². The first-order valence-corrected chi connectivity index (χ1v) is 15.2. The predicted octanol–water partition coefficient (Wildman–Crippen LogP) is 0.686. The predicted molar refractivity (Wildman–Crippen MR) is 131 cm³/mol. The minimum atomic E-state index is -0.719. The normalized spacial score (nSPS) is 28.7. The quantitative estimate of drug-likeness (QED) is 0.250. The topological polar surface area (TPSA) is 94.6 Å². The number of carbonyl (C=O) groups excluding carboxylic acids is 2. The van der Waals surface area contributed by atoms with Crippen LogP contribution in [0, 0.1) is 25.9 Å². The summed E-state index contributed by atoms with van der Waals surface area (Å²) in [5.74, 6) is -0.0903. The molecule has 2 saturated carbocycles. The third-order valence-electron chi connectivity index (χ3n) is 7.35. The summed E-state index contributed by atoms with van der Waals surface area (Å²) in [5.41, 5.74) is 1.25. The van der Waals surface area contributed by atoms with Crippen LogP contribution in [-0.2, 0) is 23.8 Å². The van der Waals surface area contributed by atoms with Crippen molar-refractivity contribution < 1.29 is 54.8 Å². The number of aliphatic hydroxyl groups is 1. The van der Waals surface area contributed by atoms with E-state index in [1.54, 1.807) is 0 Å². The molecule has 6 unspecified atom stereocenters. The Balaban J connectivity index is 1.03. The number of rotatable bonds is 9. The van der Waals surface area contributed by atoms with Gasteiger partial charge >= 0.3 is 177 Å². The van der Waals surface area contributed by atoms with Crippen molar-refractivity contribution in [3.05, 3.63) is 61.2 Å². The van der Waals surface area contributed by atoms with Crippen LogP contribution in [0.4, 0.5) is 0 Å². The number of hydrogen-bond donors (Lipinski definition) is 1. The first-order valence-electron chi connectivity index (χ1n) is 13.1. The Morgan fingerprint density at radius 2 is 1.68 bits per heavy atom. The molecular formula is C29H34IO7-. The Morgan fingerprint density at radius 3 is 2.41 bits per heavy atom. The Bertz CT molecular complexity index is 1070. The summed E-state index contributed by atoms with van der Waals surface area (Å²) in [5, 5.41) is 10.4. The van der Waals surface area contributed by atoms with E-state index in [9.17, 15) is 14.7 Å². The number of halogens is 1. The van der Waals surface area contributed by atoms with Crippen LogP contribution < -0.4 is 25.9 Å². The van der Waals surface area contributed by atoms with Crippen molar-refractivity contribution >= 4 is 11.9 Å². The van der Waals surface area contributed by atoms with E-state index in [4.69, 9.17) is 18.9 Å². The number of benzene rings is 2. The van der Waals surface area contributed by atoms with Gasteiger partial charge in [-0.25, -0.2) is 0 Å². The molecule has 7 nitrogen and oxygen atoms in total. The van der Waals surface area contributed by atoms with Crippen LogP contribution >= 0.6 is 0 Å². The molecule has 1 saturated heterocycles. The van der Waals surface area contributed by atoms with Crippen LogP contribution in [0.1, 0.15) is 44.1 Å². The molecule has 1 heterocycles. The molecular weight excluding hydrogens is 587 g/mol. The number of hydrogen-bond acceptors (Lipinski definition) is 7. The molecule has 0 bridgehead atoms. The van der Waals surface area contributed by atoms with Crippen LogP contribution in [-0.4, -0.2) is 54.7 Å². The van der Waals surface area contributed by atoms with Gasteiger partial charge in [0.25, 0.3) is 0 Å². The fourth-order valence-electron chi connectivity index (χ4n) is 5.07. The number of carbonyl (C=O) groups is 2. The first kappa shape index (κ1) is 26.4. The summed E-state index contributed by atoms with van der Waals surface area (Å²) in [6, 6.07) is 16.4. The maximum atomic E-state index is 12.4. The monoisotopic (exact) mass is 621 g/mol. The zero-order valence-electron chi connectivity index (χ0n) is 21.0. The molecule has 5 rings (SSSR count). The Hall–Kier alpha value is -2.17. The van der Waals surface area contributed by atoms with Crippen molar-refractivity contribution in [2.45, 2.75) is 69.9 Å². The van der Waals surface area contributed by atoms with Gasteiger partial charge in [-0.05, 0) is 19.3 Å². The van der Waals surface area contributed by atoms with Gasteiger partial charge in [0.15, 0.2) is 0 Å². The number of ether oxygens (including phenoxy) is 4. The maximum absolute atomic E-state index is 12.4. The van der Waals surface area contributed by atoms with Crippen molar-refractivity contribution in [1.82, 2.24) is 0 Å². The molecule has 2 aliphatic carbocycles. The fourth-order valence-corrected chi connectivity index (χ4v) is 7.23. The van der Waals surface area contributed by atoms with E-state index in [-0.39, 0.29) is 51.7 Å². The van der Waals surface area contributed by atoms with E-state index >= 15 is 0 Å². The second kappa shape index (κ2) is 12.1. The van der Waals surface area contributed by atoms with Crippen LogP contribution in [0.15, 0.2) is 48.5 Å². The SMILES string of the molecule is Cc1ccc([I-]c2ccc(OCC(=O)OC3CC(COC(=O)C4CCC5OC5C4)CCC3O)cc2)cc1. The zero-order valence-corrected chi connectivity index (χ0v) is 23.2. The van der Waals surface area contributed by atoms with Crippen LogP contribution in [0.3, 0.4) is 0 Å². The standard InChI is InChI=1S/C29H34IO7/c1-18-2-6-21(7-3-18)30-22-8-10-23(11-9-22)34-17-28(32)37-26-14-19(4-12-24(26)31)16-35-29(33)20-5-13-25-27(15-20)36-25/h2-3,6-11,19-20,24-27,31H,4-5,12-17H2,1H3/q-1. The van der Waals surface area contributed by atoms with Gasteiger partial charge in [0, 0.05) is 0 Å². The Kier molecular flexibility index (Phi) is 8.67. The molecule has 0 spiro atoms. The molecule has 2 aromatic carbocycles. The number of fused-ring (bicyclic) bond motifs is 1. The van der Waals surface area contributed by atoms with Crippen molar-refractivity contribution in [2.75, 3.05) is 13.2 Å². The van der Waals surface area contributed by atoms with Gasteiger partial charge in [0.1, 0.15) is 0 Å². The van der Waals surface area contributed by atoms with E-state index in [1.165, 1.54) is 12.7 Å². The van der Waals surface area contributed by atoms with E-state index in [0.717, 1.165) is 25.7 Å². The summed E-state index contributed by atoms with van der Waals surface area (Å²) in [6.45, 7) is 2.15. The van der Waals surface area contributed by atoms with Gasteiger partial charge in [0.05, 0.1) is 18.1 Å². The van der Waals surface area contributed by atoms with Crippen LogP contribution in [0.25, 0.3) is 0 Å². The van der Waals surface area contributed by atoms with Crippen LogP contribution in [0.2, 0.25) is 0 Å². The van der Waals surface area contributed by atoms with Gasteiger partial charge in [0.2, 0.25) is 0 Å². The second-order valence-electron chi connectivity index (χ2n) is 10.3. The zero-order chi connectivity index (χ0) is 25.8. The fraction of sp³-hybridized carbons (Fsp3) is 0.517. The molecule has 0 aromatic heterocycles. The summed E-state index contributed by atoms with van der Waals surface area (Å²) in [4.78, 5) is 24.9. The summed E-state index contributed by atoms with van der Waals surface area (Å²) < 4.78 is 24.9. The van der Waals surface area contributed by atoms with Gasteiger partial charge in [-0.2, -0.15) is 0 Å². The van der Waals surface area contributed by atoms with E-state index in [0.29, 0.717) is 31.3 Å². The van der Waals surface area contributed by atoms with Crippen LogP contribution in [0.5, 0.6) is 5.75 Å². The van der Waals surface area contributed by atoms with Gasteiger partial charge in [-0.3, -0.25) is 4.79 Å². The molecule has 2 aromatic rings. The van der Waals surface area contributed by atoms with Crippen molar-refractivity contribution in [3.63, 3.8) is 0 Å². The average molecular weight is 621 g/mol. The van der Waals surface area contributed by atoms with Crippen molar-refractivity contribution in [2.24, 2.45) is 11.8 Å². The summed E-state index contributed by atoms with van der Waals surface area (Å²) >= 11 is -0.266. The van der Waals surface area contributed by atoms with Crippen molar-refractivity contribution in [1.29, 1.82) is 0 Å². The molecule has 3 aliphatic rings. The van der Waals surface area contributed by atoms with Crippen molar-refractivity contribution in [3.8, 4) is 5.75 Å². The molecule has 3 fully saturated rings. The van der Waals surface area contributed by atoms with E-state index in [1.807, 2.05) is 24.3 Å². The first-order chi connectivity index (χ1) is 17.9. The number of epoxide rings is 1. The molecule has 37 heavy (non-hydrogen) atoms. The molecule has 200 valence electrons. The molecule has 1 N–H and O–H groups in total. The van der Waals surface area contributed by atoms with E-state index in [2.05, 4.69) is 31.2 Å². The Labute approximate surface area is 228 Å². The molecule has 0 amide bonds. The molecule has 6 atom stereocenters. The van der Waals surface area contributed by atoms with Gasteiger partial charge in [-0.1, -0.05) is 0 Å². The third-order valence-corrected chi connectivity index (χ3v) is 10.0. The second-order valence-corrected chi connectivity index (χ2v) is 13.3. The molecule has 1 aliphatic heterocycles. The molecule has 0 radical (unpaired) electrons. The number of esters is 2. The van der Waals surface area contributed by atoms with Gasteiger partial charge in [-0.15, -0.1) is 0 Å². The minimum absolute atomic E-state index is 0.0592. The third kappa shape index (κ3) is 7.45. The van der Waals surface area contributed by atoms with E-state index < -0.39 is 18.2 Å². The number of aryl methyl sites for hydroxylation is 1. The average Bonchev–Trinajstić information content (AvgIpc) is 3.69. The summed E-state index contributed by atoms with van der Waals surface area (Å²) in [7, 11) is 0. The summed E-state index contributed by atoms with van der Waals surface area (Å²) in [6.07, 6.45) is 3.46. The Morgan fingerprint density at radius 1 is 0.946 bits per heavy atom. The molecule has 8 heteroatoms. The number of aliphatic hydroxyl groups excluding tert-OH is 1.